The molecule has 1 saturated heterocycles. The van der Waals surface area contributed by atoms with E-state index in [0.29, 0.717) is 23.2 Å². The molecule has 0 radical (unpaired) electrons. The molecule has 0 bridgehead atoms. The highest BCUT2D eigenvalue weighted by Crippen LogP contribution is 2.27. The SMILES string of the molecule is COc1ccc(Cl)cc1S(=O)(=O)NCC(C(C)C)N1CCCC1. The molecule has 1 heterocycles. The van der Waals surface area contributed by atoms with E-state index in [1.807, 2.05) is 0 Å². The van der Waals surface area contributed by atoms with Crippen molar-refractivity contribution in [2.24, 2.45) is 5.92 Å². The van der Waals surface area contributed by atoms with Gasteiger partial charge in [-0.1, -0.05) is 25.4 Å². The Hall–Kier alpha value is -0.820. The summed E-state index contributed by atoms with van der Waals surface area (Å²) in [6, 6.07) is 4.79. The standard InChI is InChI=1S/C16H25ClN2O3S/c1-12(2)14(19-8-4-5-9-19)11-18-23(20,21)16-10-13(17)6-7-15(16)22-3/h6-7,10,12,14,18H,4-5,8-9,11H2,1-3H3. The van der Waals surface area contributed by atoms with Crippen molar-refractivity contribution >= 4 is 21.6 Å². The summed E-state index contributed by atoms with van der Waals surface area (Å²) in [5.74, 6) is 0.668. The molecule has 1 unspecified atom stereocenters. The summed E-state index contributed by atoms with van der Waals surface area (Å²) in [5, 5.41) is 0.367. The van der Waals surface area contributed by atoms with Crippen LogP contribution in [0, 0.1) is 5.92 Å². The maximum atomic E-state index is 12.6. The van der Waals surface area contributed by atoms with Crippen LogP contribution < -0.4 is 9.46 Å². The van der Waals surface area contributed by atoms with Crippen molar-refractivity contribution in [3.8, 4) is 5.75 Å². The van der Waals surface area contributed by atoms with E-state index in [1.54, 1.807) is 12.1 Å². The first-order valence-corrected chi connectivity index (χ1v) is 9.78. The van der Waals surface area contributed by atoms with Gasteiger partial charge in [0.2, 0.25) is 10.0 Å². The number of ether oxygens (including phenoxy) is 1. The van der Waals surface area contributed by atoms with Crippen molar-refractivity contribution in [1.29, 1.82) is 0 Å². The average Bonchev–Trinajstić information content (AvgIpc) is 3.01. The monoisotopic (exact) mass is 360 g/mol. The third-order valence-corrected chi connectivity index (χ3v) is 5.96. The van der Waals surface area contributed by atoms with Gasteiger partial charge in [-0.25, -0.2) is 13.1 Å². The second-order valence-corrected chi connectivity index (χ2v) is 8.37. The summed E-state index contributed by atoms with van der Waals surface area (Å²) in [7, 11) is -2.22. The van der Waals surface area contributed by atoms with E-state index in [1.165, 1.54) is 26.0 Å². The number of halogens is 1. The lowest BCUT2D eigenvalue weighted by Crippen LogP contribution is -2.45. The molecule has 2 rings (SSSR count). The molecule has 1 aliphatic heterocycles. The number of nitrogens with zero attached hydrogens (tertiary/aromatic N) is 1. The maximum Gasteiger partial charge on any atom is 0.244 e. The van der Waals surface area contributed by atoms with Crippen LogP contribution in [0.5, 0.6) is 5.75 Å². The quantitative estimate of drug-likeness (QED) is 0.812. The third-order valence-electron chi connectivity index (χ3n) is 4.28. The minimum absolute atomic E-state index is 0.0800. The molecule has 1 atom stereocenters. The Morgan fingerprint density at radius 3 is 2.52 bits per heavy atom. The number of likely N-dealkylation sites (tertiary alicyclic amines) is 1. The van der Waals surface area contributed by atoms with Gasteiger partial charge in [0.1, 0.15) is 10.6 Å². The van der Waals surface area contributed by atoms with Crippen LogP contribution in [0.3, 0.4) is 0 Å². The Kier molecular flexibility index (Phi) is 6.31. The number of hydrogen-bond acceptors (Lipinski definition) is 4. The molecular weight excluding hydrogens is 336 g/mol. The average molecular weight is 361 g/mol. The molecule has 0 aromatic heterocycles. The molecule has 7 heteroatoms. The van der Waals surface area contributed by atoms with Gasteiger partial charge < -0.3 is 4.74 Å². The van der Waals surface area contributed by atoms with Gasteiger partial charge in [0.05, 0.1) is 7.11 Å². The molecule has 130 valence electrons. The lowest BCUT2D eigenvalue weighted by atomic mass is 10.0. The van der Waals surface area contributed by atoms with Crippen molar-refractivity contribution in [2.75, 3.05) is 26.7 Å². The Bertz CT molecular complexity index is 628. The number of rotatable bonds is 7. The minimum Gasteiger partial charge on any atom is -0.495 e. The highest BCUT2D eigenvalue weighted by Gasteiger charge is 2.27. The highest BCUT2D eigenvalue weighted by atomic mass is 35.5. The van der Waals surface area contributed by atoms with E-state index < -0.39 is 10.0 Å². The summed E-state index contributed by atoms with van der Waals surface area (Å²) in [6.45, 7) is 6.69. The fourth-order valence-electron chi connectivity index (χ4n) is 2.99. The van der Waals surface area contributed by atoms with Crippen molar-refractivity contribution in [3.05, 3.63) is 23.2 Å². The largest absolute Gasteiger partial charge is 0.495 e. The third kappa shape index (κ3) is 4.59. The van der Waals surface area contributed by atoms with Crippen LogP contribution in [0.1, 0.15) is 26.7 Å². The summed E-state index contributed by atoms with van der Waals surface area (Å²) in [4.78, 5) is 2.44. The van der Waals surface area contributed by atoms with Crippen LogP contribution in [-0.2, 0) is 10.0 Å². The topological polar surface area (TPSA) is 58.6 Å². The Labute approximate surface area is 144 Å². The first-order valence-electron chi connectivity index (χ1n) is 7.92. The predicted molar refractivity (Wildman–Crippen MR) is 92.6 cm³/mol. The van der Waals surface area contributed by atoms with Gasteiger partial charge >= 0.3 is 0 Å². The number of sulfonamides is 1. The molecule has 5 nitrogen and oxygen atoms in total. The van der Waals surface area contributed by atoms with Gasteiger partial charge in [0.15, 0.2) is 0 Å². The smallest absolute Gasteiger partial charge is 0.244 e. The fraction of sp³-hybridized carbons (Fsp3) is 0.625. The molecule has 0 spiro atoms. The van der Waals surface area contributed by atoms with Crippen LogP contribution in [0.25, 0.3) is 0 Å². The van der Waals surface area contributed by atoms with E-state index in [-0.39, 0.29) is 10.9 Å². The Morgan fingerprint density at radius 2 is 1.96 bits per heavy atom. The zero-order valence-corrected chi connectivity index (χ0v) is 15.5. The van der Waals surface area contributed by atoms with Crippen LogP contribution in [0.2, 0.25) is 5.02 Å². The zero-order valence-electron chi connectivity index (χ0n) is 13.9. The molecule has 1 N–H and O–H groups in total. The van der Waals surface area contributed by atoms with Crippen molar-refractivity contribution in [1.82, 2.24) is 9.62 Å². The number of nitrogens with one attached hydrogen (secondary N) is 1. The highest BCUT2D eigenvalue weighted by molar-refractivity contribution is 7.89. The molecule has 1 aromatic carbocycles. The van der Waals surface area contributed by atoms with Crippen LogP contribution >= 0.6 is 11.6 Å². The van der Waals surface area contributed by atoms with E-state index >= 15 is 0 Å². The van der Waals surface area contributed by atoms with E-state index in [9.17, 15) is 8.42 Å². The first kappa shape index (κ1) is 18.5. The summed E-state index contributed by atoms with van der Waals surface area (Å²) >= 11 is 5.94. The Morgan fingerprint density at radius 1 is 1.30 bits per heavy atom. The summed E-state index contributed by atoms with van der Waals surface area (Å²) in [6.07, 6.45) is 2.36. The molecule has 23 heavy (non-hydrogen) atoms. The van der Waals surface area contributed by atoms with Gasteiger partial charge in [0, 0.05) is 17.6 Å². The van der Waals surface area contributed by atoms with Crippen LogP contribution in [0.4, 0.5) is 0 Å². The second kappa shape index (κ2) is 7.83. The van der Waals surface area contributed by atoms with Crippen LogP contribution in [0.15, 0.2) is 23.1 Å². The molecule has 0 amide bonds. The van der Waals surface area contributed by atoms with Gasteiger partial charge in [0.25, 0.3) is 0 Å². The Balaban J connectivity index is 2.15. The molecule has 0 saturated carbocycles. The second-order valence-electron chi connectivity index (χ2n) is 6.20. The molecule has 1 fully saturated rings. The van der Waals surface area contributed by atoms with E-state index in [4.69, 9.17) is 16.3 Å². The van der Waals surface area contributed by atoms with Crippen molar-refractivity contribution in [3.63, 3.8) is 0 Å². The number of methoxy groups -OCH3 is 1. The van der Waals surface area contributed by atoms with Gasteiger partial charge in [-0.3, -0.25) is 4.90 Å². The lowest BCUT2D eigenvalue weighted by Gasteiger charge is -2.31. The number of hydrogen-bond donors (Lipinski definition) is 1. The minimum atomic E-state index is -3.67. The van der Waals surface area contributed by atoms with E-state index in [0.717, 1.165) is 13.1 Å². The van der Waals surface area contributed by atoms with Crippen molar-refractivity contribution in [2.45, 2.75) is 37.6 Å². The van der Waals surface area contributed by atoms with E-state index in [2.05, 4.69) is 23.5 Å². The normalized spacial score (nSPS) is 17.6. The summed E-state index contributed by atoms with van der Waals surface area (Å²) < 4.78 is 33.2. The van der Waals surface area contributed by atoms with Gasteiger partial charge in [-0.15, -0.1) is 0 Å². The molecular formula is C16H25ClN2O3S. The summed E-state index contributed by atoms with van der Waals surface area (Å²) in [5.41, 5.74) is 0. The van der Waals surface area contributed by atoms with Gasteiger partial charge in [-0.2, -0.15) is 0 Å². The zero-order chi connectivity index (χ0) is 17.0. The number of benzene rings is 1. The lowest BCUT2D eigenvalue weighted by molar-refractivity contribution is 0.193. The van der Waals surface area contributed by atoms with Gasteiger partial charge in [-0.05, 0) is 50.0 Å². The molecule has 1 aromatic rings. The fourth-order valence-corrected chi connectivity index (χ4v) is 4.47. The first-order chi connectivity index (χ1) is 10.8. The predicted octanol–water partition coefficient (Wildman–Crippen LogP) is 2.75. The maximum absolute atomic E-state index is 12.6. The van der Waals surface area contributed by atoms with Crippen LogP contribution in [-0.4, -0.2) is 46.1 Å². The van der Waals surface area contributed by atoms with Crippen molar-refractivity contribution < 1.29 is 13.2 Å². The molecule has 0 aliphatic carbocycles. The molecule has 1 aliphatic rings.